The molecule has 0 aliphatic carbocycles. The quantitative estimate of drug-likeness (QED) is 0.838. The van der Waals surface area contributed by atoms with Crippen LogP contribution in [0.3, 0.4) is 0 Å². The summed E-state index contributed by atoms with van der Waals surface area (Å²) in [5.41, 5.74) is 2.19. The van der Waals surface area contributed by atoms with Crippen LogP contribution in [0, 0.1) is 0 Å². The van der Waals surface area contributed by atoms with Gasteiger partial charge in [-0.05, 0) is 18.6 Å². The van der Waals surface area contributed by atoms with Gasteiger partial charge in [-0.3, -0.25) is 14.5 Å². The van der Waals surface area contributed by atoms with E-state index in [1.165, 1.54) is 0 Å². The fourth-order valence-corrected chi connectivity index (χ4v) is 1.82. The molecule has 0 aliphatic heterocycles. The predicted octanol–water partition coefficient (Wildman–Crippen LogP) is 1.57. The monoisotopic (exact) mass is 273 g/mol. The summed E-state index contributed by atoms with van der Waals surface area (Å²) in [6, 6.07) is 3.59. The minimum absolute atomic E-state index is 0.128. The average Bonchev–Trinajstić information content (AvgIpc) is 2.88. The van der Waals surface area contributed by atoms with Gasteiger partial charge in [-0.2, -0.15) is 5.10 Å². The molecule has 0 spiro atoms. The van der Waals surface area contributed by atoms with Crippen LogP contribution < -0.4 is 10.6 Å². The first-order chi connectivity index (χ1) is 9.70. The first kappa shape index (κ1) is 14.0. The molecule has 0 saturated heterocycles. The van der Waals surface area contributed by atoms with Crippen molar-refractivity contribution >= 4 is 11.6 Å². The van der Waals surface area contributed by atoms with Gasteiger partial charge in [0.05, 0.1) is 29.7 Å². The summed E-state index contributed by atoms with van der Waals surface area (Å²) < 4.78 is 1.71. The second-order valence-electron chi connectivity index (χ2n) is 4.51. The van der Waals surface area contributed by atoms with E-state index in [2.05, 4.69) is 27.6 Å². The standard InChI is InChI=1S/C14H19N5O/c1-3-6-16-13-10-15-7-4-12(13)14(20)17-9-11-5-8-19(2)18-11/h4-5,7-8,10,16H,3,6,9H2,1-2H3,(H,17,20). The summed E-state index contributed by atoms with van der Waals surface area (Å²) >= 11 is 0. The number of hydrogen-bond donors (Lipinski definition) is 2. The van der Waals surface area contributed by atoms with Crippen LogP contribution in [0.1, 0.15) is 29.4 Å². The molecule has 2 aromatic rings. The Hall–Kier alpha value is -2.37. The van der Waals surface area contributed by atoms with Gasteiger partial charge in [-0.25, -0.2) is 0 Å². The molecule has 0 radical (unpaired) electrons. The Morgan fingerprint density at radius 1 is 1.40 bits per heavy atom. The van der Waals surface area contributed by atoms with E-state index < -0.39 is 0 Å². The molecule has 2 rings (SSSR count). The molecule has 6 nitrogen and oxygen atoms in total. The third-order valence-electron chi connectivity index (χ3n) is 2.83. The smallest absolute Gasteiger partial charge is 0.253 e. The van der Waals surface area contributed by atoms with Crippen LogP contribution in [0.4, 0.5) is 5.69 Å². The number of aryl methyl sites for hydroxylation is 1. The molecule has 0 aliphatic rings. The molecule has 0 atom stereocenters. The Bertz CT molecular complexity index is 578. The van der Waals surface area contributed by atoms with Crippen molar-refractivity contribution in [3.05, 3.63) is 42.0 Å². The summed E-state index contributed by atoms with van der Waals surface area (Å²) in [7, 11) is 1.85. The van der Waals surface area contributed by atoms with Crippen LogP contribution in [0.15, 0.2) is 30.7 Å². The zero-order valence-corrected chi connectivity index (χ0v) is 11.8. The van der Waals surface area contributed by atoms with E-state index >= 15 is 0 Å². The SMILES string of the molecule is CCCNc1cnccc1C(=O)NCc1ccn(C)n1. The van der Waals surface area contributed by atoms with Crippen LogP contribution in [0.25, 0.3) is 0 Å². The first-order valence-electron chi connectivity index (χ1n) is 6.65. The van der Waals surface area contributed by atoms with Gasteiger partial charge >= 0.3 is 0 Å². The van der Waals surface area contributed by atoms with Crippen LogP contribution in [-0.2, 0) is 13.6 Å². The van der Waals surface area contributed by atoms with Gasteiger partial charge in [-0.1, -0.05) is 6.92 Å². The molecule has 0 saturated carbocycles. The summed E-state index contributed by atoms with van der Waals surface area (Å²) in [5.74, 6) is -0.128. The summed E-state index contributed by atoms with van der Waals surface area (Å²) in [5, 5.41) is 10.3. The van der Waals surface area contributed by atoms with Crippen molar-refractivity contribution in [2.45, 2.75) is 19.9 Å². The van der Waals surface area contributed by atoms with Crippen molar-refractivity contribution in [1.29, 1.82) is 0 Å². The highest BCUT2D eigenvalue weighted by molar-refractivity contribution is 5.99. The molecule has 0 fully saturated rings. The van der Waals surface area contributed by atoms with Crippen molar-refractivity contribution in [2.24, 2.45) is 7.05 Å². The lowest BCUT2D eigenvalue weighted by atomic mass is 10.2. The van der Waals surface area contributed by atoms with E-state index in [4.69, 9.17) is 0 Å². The highest BCUT2D eigenvalue weighted by atomic mass is 16.1. The molecule has 2 heterocycles. The number of pyridine rings is 1. The van der Waals surface area contributed by atoms with E-state index in [-0.39, 0.29) is 5.91 Å². The van der Waals surface area contributed by atoms with Crippen LogP contribution in [0.5, 0.6) is 0 Å². The maximum Gasteiger partial charge on any atom is 0.253 e. The van der Waals surface area contributed by atoms with Crippen molar-refractivity contribution in [3.63, 3.8) is 0 Å². The molecular weight excluding hydrogens is 254 g/mol. The van der Waals surface area contributed by atoms with E-state index in [9.17, 15) is 4.79 Å². The molecule has 20 heavy (non-hydrogen) atoms. The predicted molar refractivity (Wildman–Crippen MR) is 77.4 cm³/mol. The van der Waals surface area contributed by atoms with E-state index in [1.807, 2.05) is 19.3 Å². The van der Waals surface area contributed by atoms with Gasteiger partial charge in [-0.15, -0.1) is 0 Å². The van der Waals surface area contributed by atoms with Crippen molar-refractivity contribution in [1.82, 2.24) is 20.1 Å². The third kappa shape index (κ3) is 3.57. The number of amides is 1. The van der Waals surface area contributed by atoms with Gasteiger partial charge in [0.1, 0.15) is 0 Å². The number of hydrogen-bond acceptors (Lipinski definition) is 4. The highest BCUT2D eigenvalue weighted by Gasteiger charge is 2.11. The van der Waals surface area contributed by atoms with Gasteiger partial charge in [0, 0.05) is 26.0 Å². The van der Waals surface area contributed by atoms with Crippen LogP contribution >= 0.6 is 0 Å². The fraction of sp³-hybridized carbons (Fsp3) is 0.357. The summed E-state index contributed by atoms with van der Waals surface area (Å²) in [4.78, 5) is 16.2. The largest absolute Gasteiger partial charge is 0.383 e. The Kier molecular flexibility index (Phi) is 4.70. The second-order valence-corrected chi connectivity index (χ2v) is 4.51. The zero-order chi connectivity index (χ0) is 14.4. The van der Waals surface area contributed by atoms with E-state index in [0.717, 1.165) is 24.3 Å². The lowest BCUT2D eigenvalue weighted by Gasteiger charge is -2.10. The number of rotatable bonds is 6. The Balaban J connectivity index is 2.01. The minimum Gasteiger partial charge on any atom is -0.383 e. The normalized spacial score (nSPS) is 10.3. The van der Waals surface area contributed by atoms with Crippen molar-refractivity contribution in [2.75, 3.05) is 11.9 Å². The molecule has 2 aromatic heterocycles. The fourth-order valence-electron chi connectivity index (χ4n) is 1.82. The number of aromatic nitrogens is 3. The van der Waals surface area contributed by atoms with E-state index in [1.54, 1.807) is 23.1 Å². The van der Waals surface area contributed by atoms with Crippen molar-refractivity contribution in [3.8, 4) is 0 Å². The molecule has 106 valence electrons. The molecular formula is C14H19N5O. The molecule has 6 heteroatoms. The number of anilines is 1. The lowest BCUT2D eigenvalue weighted by Crippen LogP contribution is -2.24. The minimum atomic E-state index is -0.128. The molecule has 1 amide bonds. The first-order valence-corrected chi connectivity index (χ1v) is 6.65. The van der Waals surface area contributed by atoms with Gasteiger partial charge < -0.3 is 10.6 Å². The number of nitrogens with one attached hydrogen (secondary N) is 2. The van der Waals surface area contributed by atoms with Gasteiger partial charge in [0.25, 0.3) is 5.91 Å². The molecule has 2 N–H and O–H groups in total. The number of nitrogens with zero attached hydrogens (tertiary/aromatic N) is 3. The van der Waals surface area contributed by atoms with Crippen LogP contribution in [0.2, 0.25) is 0 Å². The molecule has 0 aromatic carbocycles. The Morgan fingerprint density at radius 2 is 2.25 bits per heavy atom. The summed E-state index contributed by atoms with van der Waals surface area (Å²) in [6.07, 6.45) is 6.13. The summed E-state index contributed by atoms with van der Waals surface area (Å²) in [6.45, 7) is 3.30. The van der Waals surface area contributed by atoms with Gasteiger partial charge in [0.15, 0.2) is 0 Å². The molecule has 0 bridgehead atoms. The molecule has 0 unspecified atom stereocenters. The lowest BCUT2D eigenvalue weighted by molar-refractivity contribution is 0.0951. The second kappa shape index (κ2) is 6.70. The Morgan fingerprint density at radius 3 is 2.95 bits per heavy atom. The average molecular weight is 273 g/mol. The maximum absolute atomic E-state index is 12.2. The number of carbonyl (C=O) groups excluding carboxylic acids is 1. The third-order valence-corrected chi connectivity index (χ3v) is 2.83. The van der Waals surface area contributed by atoms with Crippen molar-refractivity contribution < 1.29 is 4.79 Å². The van der Waals surface area contributed by atoms with Crippen LogP contribution in [-0.4, -0.2) is 27.2 Å². The Labute approximate surface area is 118 Å². The highest BCUT2D eigenvalue weighted by Crippen LogP contribution is 2.13. The van der Waals surface area contributed by atoms with E-state index in [0.29, 0.717) is 12.1 Å². The maximum atomic E-state index is 12.2. The zero-order valence-electron chi connectivity index (χ0n) is 11.8. The topological polar surface area (TPSA) is 71.8 Å². The van der Waals surface area contributed by atoms with Gasteiger partial charge in [0.2, 0.25) is 0 Å². The number of carbonyl (C=O) groups is 1.